The van der Waals surface area contributed by atoms with E-state index in [4.69, 9.17) is 14.5 Å². The van der Waals surface area contributed by atoms with Crippen LogP contribution in [-0.4, -0.2) is 64.0 Å². The molecule has 0 spiro atoms. The smallest absolute Gasteiger partial charge is 0.194 e. The van der Waals surface area contributed by atoms with Crippen molar-refractivity contribution in [3.63, 3.8) is 0 Å². The number of nitrogens with one attached hydrogen (secondary N) is 1. The van der Waals surface area contributed by atoms with Gasteiger partial charge in [-0.2, -0.15) is 0 Å². The van der Waals surface area contributed by atoms with E-state index in [1.54, 1.807) is 7.11 Å². The molecule has 0 saturated carbocycles. The molecule has 0 aromatic carbocycles. The van der Waals surface area contributed by atoms with Crippen molar-refractivity contribution in [1.82, 2.24) is 10.2 Å². The maximum absolute atomic E-state index is 5.49. The van der Waals surface area contributed by atoms with E-state index in [2.05, 4.69) is 31.0 Å². The van der Waals surface area contributed by atoms with Crippen molar-refractivity contribution in [2.45, 2.75) is 46.5 Å². The lowest BCUT2D eigenvalue weighted by atomic mass is 9.78. The van der Waals surface area contributed by atoms with Gasteiger partial charge in [-0.3, -0.25) is 4.99 Å². The Kier molecular flexibility index (Phi) is 9.48. The Balaban J connectivity index is 2.50. The number of nitrogens with zero attached hydrogens (tertiary/aromatic N) is 2. The molecular formula is C17H35N3O2. The van der Waals surface area contributed by atoms with Crippen molar-refractivity contribution in [2.24, 2.45) is 10.4 Å². The minimum absolute atomic E-state index is 0.429. The third-order valence-corrected chi connectivity index (χ3v) is 4.20. The first kappa shape index (κ1) is 19.2. The Morgan fingerprint density at radius 1 is 1.27 bits per heavy atom. The number of rotatable bonds is 9. The minimum Gasteiger partial charge on any atom is -0.382 e. The van der Waals surface area contributed by atoms with Crippen LogP contribution in [0.25, 0.3) is 0 Å². The molecule has 1 aliphatic heterocycles. The molecule has 22 heavy (non-hydrogen) atoms. The maximum atomic E-state index is 5.49. The number of piperidine rings is 1. The van der Waals surface area contributed by atoms with Crippen LogP contribution in [0.2, 0.25) is 0 Å². The fraction of sp³-hybridized carbons (Fsp3) is 0.941. The standard InChI is InChI=1S/C17H35N3O2/c1-5-8-17(3)9-7-11-20(15-17)16(18-6-2)19-10-12-22-14-13-21-4/h5-15H2,1-4H3,(H,18,19). The molecule has 1 rings (SSSR count). The molecule has 5 nitrogen and oxygen atoms in total. The molecule has 1 unspecified atom stereocenters. The van der Waals surface area contributed by atoms with Gasteiger partial charge < -0.3 is 19.7 Å². The van der Waals surface area contributed by atoms with Gasteiger partial charge in [0.1, 0.15) is 0 Å². The van der Waals surface area contributed by atoms with E-state index >= 15 is 0 Å². The largest absolute Gasteiger partial charge is 0.382 e. The quantitative estimate of drug-likeness (QED) is 0.404. The zero-order chi connectivity index (χ0) is 16.3. The van der Waals surface area contributed by atoms with Crippen LogP contribution in [0.3, 0.4) is 0 Å². The van der Waals surface area contributed by atoms with Crippen LogP contribution in [0.5, 0.6) is 0 Å². The fourth-order valence-corrected chi connectivity index (χ4v) is 3.19. The molecule has 0 bridgehead atoms. The Hall–Kier alpha value is -0.810. The molecule has 0 amide bonds. The second-order valence-electron chi connectivity index (χ2n) is 6.43. The zero-order valence-corrected chi connectivity index (χ0v) is 15.0. The number of ether oxygens (including phenoxy) is 2. The Labute approximate surface area is 136 Å². The van der Waals surface area contributed by atoms with Crippen LogP contribution in [0, 0.1) is 5.41 Å². The molecule has 5 heteroatoms. The fourth-order valence-electron chi connectivity index (χ4n) is 3.19. The predicted octanol–water partition coefficient (Wildman–Crippen LogP) is 2.52. The summed E-state index contributed by atoms with van der Waals surface area (Å²) in [7, 11) is 1.69. The number of methoxy groups -OCH3 is 1. The molecule has 1 atom stereocenters. The lowest BCUT2D eigenvalue weighted by Gasteiger charge is -2.42. The van der Waals surface area contributed by atoms with Crippen molar-refractivity contribution in [1.29, 1.82) is 0 Å². The van der Waals surface area contributed by atoms with E-state index in [0.717, 1.165) is 25.6 Å². The molecule has 1 aliphatic rings. The first-order valence-electron chi connectivity index (χ1n) is 8.75. The van der Waals surface area contributed by atoms with Gasteiger partial charge in [-0.15, -0.1) is 0 Å². The van der Waals surface area contributed by atoms with E-state index in [0.29, 0.717) is 31.8 Å². The summed E-state index contributed by atoms with van der Waals surface area (Å²) in [4.78, 5) is 7.15. The molecule has 1 fully saturated rings. The SMILES string of the molecule is CCCC1(C)CCCN(C(=NCCOCCOC)NCC)C1. The van der Waals surface area contributed by atoms with E-state index in [9.17, 15) is 0 Å². The van der Waals surface area contributed by atoms with Gasteiger partial charge in [-0.1, -0.05) is 20.3 Å². The predicted molar refractivity (Wildman–Crippen MR) is 92.5 cm³/mol. The third-order valence-electron chi connectivity index (χ3n) is 4.20. The molecule has 0 aromatic heterocycles. The van der Waals surface area contributed by atoms with E-state index in [-0.39, 0.29) is 0 Å². The van der Waals surface area contributed by atoms with Gasteiger partial charge in [-0.05, 0) is 31.6 Å². The summed E-state index contributed by atoms with van der Waals surface area (Å²) in [5.41, 5.74) is 0.429. The van der Waals surface area contributed by atoms with Crippen LogP contribution >= 0.6 is 0 Å². The van der Waals surface area contributed by atoms with Crippen molar-refractivity contribution >= 4 is 5.96 Å². The molecule has 0 aromatic rings. The van der Waals surface area contributed by atoms with Gasteiger partial charge in [0.25, 0.3) is 0 Å². The summed E-state index contributed by atoms with van der Waals surface area (Å²) in [5.74, 6) is 1.04. The van der Waals surface area contributed by atoms with E-state index < -0.39 is 0 Å². The summed E-state index contributed by atoms with van der Waals surface area (Å²) in [5, 5.41) is 3.43. The minimum atomic E-state index is 0.429. The second kappa shape index (κ2) is 10.8. The monoisotopic (exact) mass is 313 g/mol. The summed E-state index contributed by atoms with van der Waals surface area (Å²) >= 11 is 0. The summed E-state index contributed by atoms with van der Waals surface area (Å²) < 4.78 is 10.5. The molecule has 1 N–H and O–H groups in total. The lowest BCUT2D eigenvalue weighted by Crippen LogP contribution is -2.50. The molecular weight excluding hydrogens is 278 g/mol. The van der Waals surface area contributed by atoms with Gasteiger partial charge in [0, 0.05) is 26.7 Å². The first-order valence-corrected chi connectivity index (χ1v) is 8.75. The summed E-state index contributed by atoms with van der Waals surface area (Å²) in [6.07, 6.45) is 5.14. The van der Waals surface area contributed by atoms with Crippen molar-refractivity contribution in [2.75, 3.05) is 53.1 Å². The van der Waals surface area contributed by atoms with Crippen molar-refractivity contribution in [3.05, 3.63) is 0 Å². The van der Waals surface area contributed by atoms with Crippen LogP contribution in [0.15, 0.2) is 4.99 Å². The second-order valence-corrected chi connectivity index (χ2v) is 6.43. The summed E-state index contributed by atoms with van der Waals surface area (Å²) in [6.45, 7) is 12.6. The topological polar surface area (TPSA) is 46.1 Å². The van der Waals surface area contributed by atoms with Gasteiger partial charge in [0.2, 0.25) is 0 Å². The van der Waals surface area contributed by atoms with Crippen LogP contribution in [0.1, 0.15) is 46.5 Å². The Morgan fingerprint density at radius 2 is 2.09 bits per heavy atom. The number of hydrogen-bond donors (Lipinski definition) is 1. The number of hydrogen-bond acceptors (Lipinski definition) is 3. The number of aliphatic imine (C=N–C) groups is 1. The molecule has 1 saturated heterocycles. The van der Waals surface area contributed by atoms with Gasteiger partial charge in [0.05, 0.1) is 26.4 Å². The molecule has 0 radical (unpaired) electrons. The molecule has 1 heterocycles. The Morgan fingerprint density at radius 3 is 2.77 bits per heavy atom. The average Bonchev–Trinajstić information content (AvgIpc) is 2.49. The van der Waals surface area contributed by atoms with Crippen LogP contribution in [0.4, 0.5) is 0 Å². The third kappa shape index (κ3) is 6.97. The van der Waals surface area contributed by atoms with Crippen LogP contribution in [-0.2, 0) is 9.47 Å². The van der Waals surface area contributed by atoms with Crippen molar-refractivity contribution < 1.29 is 9.47 Å². The average molecular weight is 313 g/mol. The lowest BCUT2D eigenvalue weighted by molar-refractivity contribution is 0.0746. The normalized spacial score (nSPS) is 22.9. The number of likely N-dealkylation sites (tertiary alicyclic amines) is 1. The maximum Gasteiger partial charge on any atom is 0.194 e. The summed E-state index contributed by atoms with van der Waals surface area (Å²) in [6, 6.07) is 0. The first-order chi connectivity index (χ1) is 10.6. The molecule has 0 aliphatic carbocycles. The van der Waals surface area contributed by atoms with Crippen molar-refractivity contribution in [3.8, 4) is 0 Å². The Bertz CT molecular complexity index is 319. The highest BCUT2D eigenvalue weighted by molar-refractivity contribution is 5.80. The van der Waals surface area contributed by atoms with Gasteiger partial charge >= 0.3 is 0 Å². The highest BCUT2D eigenvalue weighted by Gasteiger charge is 2.31. The highest BCUT2D eigenvalue weighted by Crippen LogP contribution is 2.33. The van der Waals surface area contributed by atoms with E-state index in [1.807, 2.05) is 0 Å². The highest BCUT2D eigenvalue weighted by atomic mass is 16.5. The molecule has 130 valence electrons. The van der Waals surface area contributed by atoms with E-state index in [1.165, 1.54) is 25.7 Å². The van der Waals surface area contributed by atoms with Gasteiger partial charge in [0.15, 0.2) is 5.96 Å². The zero-order valence-electron chi connectivity index (χ0n) is 15.0. The number of guanidine groups is 1. The van der Waals surface area contributed by atoms with Crippen LogP contribution < -0.4 is 5.32 Å². The van der Waals surface area contributed by atoms with Gasteiger partial charge in [-0.25, -0.2) is 0 Å².